The van der Waals surface area contributed by atoms with Crippen LogP contribution in [0.3, 0.4) is 0 Å². The van der Waals surface area contributed by atoms with Crippen molar-refractivity contribution in [2.24, 2.45) is 0 Å². The van der Waals surface area contributed by atoms with Crippen LogP contribution in [-0.4, -0.2) is 23.0 Å². The lowest BCUT2D eigenvalue weighted by Crippen LogP contribution is -2.14. The zero-order valence-corrected chi connectivity index (χ0v) is 11.6. The summed E-state index contributed by atoms with van der Waals surface area (Å²) in [6.07, 6.45) is 1.96. The van der Waals surface area contributed by atoms with Gasteiger partial charge < -0.3 is 15.0 Å². The van der Waals surface area contributed by atoms with Gasteiger partial charge in [-0.1, -0.05) is 12.1 Å². The van der Waals surface area contributed by atoms with Crippen molar-refractivity contribution in [1.29, 1.82) is 0 Å². The summed E-state index contributed by atoms with van der Waals surface area (Å²) in [5.41, 5.74) is 3.49. The molecule has 106 valence electrons. The van der Waals surface area contributed by atoms with Crippen molar-refractivity contribution in [3.05, 3.63) is 54.4 Å². The maximum atomic E-state index is 12.1. The fourth-order valence-corrected chi connectivity index (χ4v) is 2.18. The molecule has 0 radical (unpaired) electrons. The van der Waals surface area contributed by atoms with Crippen LogP contribution in [-0.2, 0) is 11.2 Å². The number of hydrogen-bond acceptors (Lipinski definition) is 3. The van der Waals surface area contributed by atoms with Crippen LogP contribution >= 0.6 is 0 Å². The minimum absolute atomic E-state index is 0.0675. The zero-order valence-electron chi connectivity index (χ0n) is 11.6. The Bertz CT molecular complexity index is 780. The number of imidazole rings is 1. The third-order valence-corrected chi connectivity index (χ3v) is 3.20. The first kappa shape index (κ1) is 13.2. The number of nitrogens with one attached hydrogen (secondary N) is 2. The highest BCUT2D eigenvalue weighted by Crippen LogP contribution is 2.17. The summed E-state index contributed by atoms with van der Waals surface area (Å²) >= 11 is 0. The largest absolute Gasteiger partial charge is 0.497 e. The molecule has 0 aliphatic heterocycles. The first-order valence-corrected chi connectivity index (χ1v) is 6.60. The maximum Gasteiger partial charge on any atom is 0.228 e. The van der Waals surface area contributed by atoms with Crippen molar-refractivity contribution in [2.75, 3.05) is 12.4 Å². The van der Waals surface area contributed by atoms with Gasteiger partial charge in [-0.05, 0) is 29.8 Å². The average molecular weight is 281 g/mol. The van der Waals surface area contributed by atoms with E-state index in [1.807, 2.05) is 36.4 Å². The summed E-state index contributed by atoms with van der Waals surface area (Å²) in [5.74, 6) is 0.647. The van der Waals surface area contributed by atoms with E-state index in [-0.39, 0.29) is 5.91 Å². The monoisotopic (exact) mass is 281 g/mol. The summed E-state index contributed by atoms with van der Waals surface area (Å²) in [6.45, 7) is 0. The summed E-state index contributed by atoms with van der Waals surface area (Å²) in [7, 11) is 1.60. The number of fused-ring (bicyclic) bond motifs is 1. The number of aromatic nitrogens is 2. The molecule has 0 spiro atoms. The van der Waals surface area contributed by atoms with Crippen molar-refractivity contribution in [2.45, 2.75) is 6.42 Å². The van der Waals surface area contributed by atoms with Gasteiger partial charge in [0.2, 0.25) is 5.91 Å². The van der Waals surface area contributed by atoms with Crippen LogP contribution in [0, 0.1) is 0 Å². The van der Waals surface area contributed by atoms with Gasteiger partial charge in [-0.3, -0.25) is 4.79 Å². The molecule has 5 heteroatoms. The molecule has 0 aliphatic rings. The molecule has 1 aromatic heterocycles. The molecule has 0 bridgehead atoms. The van der Waals surface area contributed by atoms with Gasteiger partial charge in [-0.15, -0.1) is 0 Å². The summed E-state index contributed by atoms with van der Waals surface area (Å²) < 4.78 is 5.13. The Hall–Kier alpha value is -2.82. The van der Waals surface area contributed by atoms with Crippen LogP contribution in [0.5, 0.6) is 5.75 Å². The number of carbonyl (C=O) groups excluding carboxylic acids is 1. The van der Waals surface area contributed by atoms with Gasteiger partial charge in [0.15, 0.2) is 0 Å². The molecule has 2 aromatic carbocycles. The molecule has 0 atom stereocenters. The van der Waals surface area contributed by atoms with Crippen LogP contribution in [0.15, 0.2) is 48.8 Å². The number of methoxy groups -OCH3 is 1. The fourth-order valence-electron chi connectivity index (χ4n) is 2.18. The number of carbonyl (C=O) groups is 1. The van der Waals surface area contributed by atoms with Crippen molar-refractivity contribution < 1.29 is 9.53 Å². The fraction of sp³-hybridized carbons (Fsp3) is 0.125. The van der Waals surface area contributed by atoms with E-state index in [9.17, 15) is 4.79 Å². The van der Waals surface area contributed by atoms with Crippen molar-refractivity contribution >= 4 is 22.6 Å². The van der Waals surface area contributed by atoms with Gasteiger partial charge >= 0.3 is 0 Å². The molecule has 21 heavy (non-hydrogen) atoms. The lowest BCUT2D eigenvalue weighted by Gasteiger charge is -2.07. The van der Waals surface area contributed by atoms with Crippen LogP contribution in [0.4, 0.5) is 5.69 Å². The molecular weight excluding hydrogens is 266 g/mol. The minimum Gasteiger partial charge on any atom is -0.497 e. The molecule has 2 N–H and O–H groups in total. The molecule has 0 saturated heterocycles. The molecule has 5 nitrogen and oxygen atoms in total. The van der Waals surface area contributed by atoms with Gasteiger partial charge in [0.05, 0.1) is 30.9 Å². The molecule has 3 rings (SSSR count). The predicted octanol–water partition coefficient (Wildman–Crippen LogP) is 2.75. The van der Waals surface area contributed by atoms with Crippen LogP contribution in [0.1, 0.15) is 5.56 Å². The van der Waals surface area contributed by atoms with Gasteiger partial charge in [-0.25, -0.2) is 4.98 Å². The maximum absolute atomic E-state index is 12.1. The van der Waals surface area contributed by atoms with E-state index in [4.69, 9.17) is 4.74 Å². The van der Waals surface area contributed by atoms with E-state index in [0.29, 0.717) is 12.2 Å². The number of ether oxygens (including phenoxy) is 1. The van der Waals surface area contributed by atoms with Crippen LogP contribution in [0.25, 0.3) is 11.0 Å². The van der Waals surface area contributed by atoms with Crippen LogP contribution in [0.2, 0.25) is 0 Å². The second-order valence-electron chi connectivity index (χ2n) is 4.71. The minimum atomic E-state index is -0.0675. The Balaban J connectivity index is 1.70. The van der Waals surface area contributed by atoms with E-state index in [1.54, 1.807) is 19.5 Å². The molecule has 0 unspecified atom stereocenters. The number of anilines is 1. The first-order valence-electron chi connectivity index (χ1n) is 6.60. The number of benzene rings is 2. The SMILES string of the molecule is COc1cccc(NC(=O)Cc2ccc3nc[nH]c3c2)c1. The second kappa shape index (κ2) is 5.66. The van der Waals surface area contributed by atoms with Crippen molar-refractivity contribution in [1.82, 2.24) is 9.97 Å². The van der Waals surface area contributed by atoms with Gasteiger partial charge in [0.25, 0.3) is 0 Å². The molecule has 1 amide bonds. The summed E-state index contributed by atoms with van der Waals surface area (Å²) in [5, 5.41) is 2.86. The number of H-pyrrole nitrogens is 1. The zero-order chi connectivity index (χ0) is 14.7. The molecule has 3 aromatic rings. The normalized spacial score (nSPS) is 10.5. The number of aromatic amines is 1. The van der Waals surface area contributed by atoms with Gasteiger partial charge in [0, 0.05) is 11.8 Å². The Morgan fingerprint density at radius 3 is 3.05 bits per heavy atom. The average Bonchev–Trinajstić information content (AvgIpc) is 2.95. The molecule has 0 aliphatic carbocycles. The summed E-state index contributed by atoms with van der Waals surface area (Å²) in [4.78, 5) is 19.3. The molecular formula is C16H15N3O2. The number of rotatable bonds is 4. The molecule has 0 saturated carbocycles. The second-order valence-corrected chi connectivity index (χ2v) is 4.71. The van der Waals surface area contributed by atoms with E-state index in [2.05, 4.69) is 15.3 Å². The lowest BCUT2D eigenvalue weighted by atomic mass is 10.1. The van der Waals surface area contributed by atoms with Crippen molar-refractivity contribution in [3.63, 3.8) is 0 Å². The Morgan fingerprint density at radius 2 is 2.19 bits per heavy atom. The Labute approximate surface area is 122 Å². The third-order valence-electron chi connectivity index (χ3n) is 3.20. The van der Waals surface area contributed by atoms with Gasteiger partial charge in [-0.2, -0.15) is 0 Å². The van der Waals surface area contributed by atoms with E-state index in [1.165, 1.54) is 0 Å². The highest BCUT2D eigenvalue weighted by molar-refractivity contribution is 5.93. The first-order chi connectivity index (χ1) is 10.2. The predicted molar refractivity (Wildman–Crippen MR) is 81.4 cm³/mol. The lowest BCUT2D eigenvalue weighted by molar-refractivity contribution is -0.115. The van der Waals surface area contributed by atoms with E-state index in [0.717, 1.165) is 22.3 Å². The summed E-state index contributed by atoms with van der Waals surface area (Å²) in [6, 6.07) is 13.0. The Kier molecular flexibility index (Phi) is 3.55. The molecule has 0 fully saturated rings. The van der Waals surface area contributed by atoms with Gasteiger partial charge in [0.1, 0.15) is 5.75 Å². The standard InChI is InChI=1S/C16H15N3O2/c1-21-13-4-2-3-12(9-13)19-16(20)8-11-5-6-14-15(7-11)18-10-17-14/h2-7,9-10H,8H2,1H3,(H,17,18)(H,19,20). The van der Waals surface area contributed by atoms with E-state index < -0.39 is 0 Å². The quantitative estimate of drug-likeness (QED) is 0.772. The third kappa shape index (κ3) is 3.02. The number of amides is 1. The van der Waals surface area contributed by atoms with E-state index >= 15 is 0 Å². The Morgan fingerprint density at radius 1 is 1.29 bits per heavy atom. The van der Waals surface area contributed by atoms with Crippen molar-refractivity contribution in [3.8, 4) is 5.75 Å². The highest BCUT2D eigenvalue weighted by Gasteiger charge is 2.06. The number of nitrogens with zero attached hydrogens (tertiary/aromatic N) is 1. The highest BCUT2D eigenvalue weighted by atomic mass is 16.5. The van der Waals surface area contributed by atoms with Crippen LogP contribution < -0.4 is 10.1 Å². The topological polar surface area (TPSA) is 67.0 Å². The number of hydrogen-bond donors (Lipinski definition) is 2. The smallest absolute Gasteiger partial charge is 0.228 e. The molecule has 1 heterocycles.